The van der Waals surface area contributed by atoms with Gasteiger partial charge in [0.2, 0.25) is 0 Å². The zero-order valence-corrected chi connectivity index (χ0v) is 16.1. The minimum atomic E-state index is 1.00. The van der Waals surface area contributed by atoms with E-state index in [2.05, 4.69) is 95.7 Å². The van der Waals surface area contributed by atoms with E-state index in [0.29, 0.717) is 0 Å². The van der Waals surface area contributed by atoms with Crippen LogP contribution >= 0.6 is 15.9 Å². The summed E-state index contributed by atoms with van der Waals surface area (Å²) in [5.74, 6) is 0. The van der Waals surface area contributed by atoms with Crippen molar-refractivity contribution >= 4 is 15.9 Å². The molecule has 126 valence electrons. The van der Waals surface area contributed by atoms with E-state index >= 15 is 0 Å². The van der Waals surface area contributed by atoms with Gasteiger partial charge in [0.1, 0.15) is 0 Å². The number of rotatable bonds is 3. The molecule has 0 saturated carbocycles. The number of aromatic nitrogens is 1. The highest BCUT2D eigenvalue weighted by atomic mass is 79.9. The summed E-state index contributed by atoms with van der Waals surface area (Å²) in [7, 11) is 0. The van der Waals surface area contributed by atoms with E-state index in [9.17, 15) is 0 Å². The van der Waals surface area contributed by atoms with Crippen molar-refractivity contribution in [3.63, 3.8) is 0 Å². The molecule has 0 N–H and O–H groups in total. The van der Waals surface area contributed by atoms with E-state index in [4.69, 9.17) is 4.98 Å². The number of nitrogens with zero attached hydrogens (tertiary/aromatic N) is 1. The van der Waals surface area contributed by atoms with E-state index in [-0.39, 0.29) is 0 Å². The maximum Gasteiger partial charge on any atom is 0.0705 e. The van der Waals surface area contributed by atoms with Crippen LogP contribution in [0, 0.1) is 6.92 Å². The molecule has 0 aliphatic rings. The first-order valence-electron chi connectivity index (χ1n) is 8.60. The third-order valence-corrected chi connectivity index (χ3v) is 5.25. The van der Waals surface area contributed by atoms with E-state index in [1.54, 1.807) is 0 Å². The van der Waals surface area contributed by atoms with Gasteiger partial charge in [-0.05, 0) is 41.3 Å². The van der Waals surface area contributed by atoms with Crippen LogP contribution in [0.1, 0.15) is 5.56 Å². The summed E-state index contributed by atoms with van der Waals surface area (Å²) in [6, 6.07) is 29.4. The molecule has 0 amide bonds. The van der Waals surface area contributed by atoms with Gasteiger partial charge in [0.15, 0.2) is 0 Å². The molecular weight excluding hydrogens is 382 g/mol. The van der Waals surface area contributed by atoms with Crippen LogP contribution in [-0.2, 0) is 0 Å². The van der Waals surface area contributed by atoms with Crippen molar-refractivity contribution in [1.82, 2.24) is 4.98 Å². The summed E-state index contributed by atoms with van der Waals surface area (Å²) in [6.45, 7) is 2.14. The summed E-state index contributed by atoms with van der Waals surface area (Å²) >= 11 is 3.62. The molecule has 0 unspecified atom stereocenters. The fraction of sp³-hybridized carbons (Fsp3) is 0.0417. The fourth-order valence-electron chi connectivity index (χ4n) is 3.15. The Labute approximate surface area is 162 Å². The van der Waals surface area contributed by atoms with Crippen LogP contribution in [0.4, 0.5) is 0 Å². The van der Waals surface area contributed by atoms with E-state index in [1.807, 2.05) is 18.3 Å². The van der Waals surface area contributed by atoms with E-state index in [1.165, 1.54) is 27.8 Å². The van der Waals surface area contributed by atoms with Gasteiger partial charge in [-0.1, -0.05) is 88.7 Å². The SMILES string of the molecule is Cc1cc(-c2ccc(-c3ccccc3Br)cc2)ncc1-c1ccccc1. The molecule has 4 rings (SSSR count). The standard InChI is InChI=1S/C24H18BrN/c1-17-15-24(26-16-22(17)18-7-3-2-4-8-18)20-13-11-19(12-14-20)21-9-5-6-10-23(21)25/h2-16H,1H3. The zero-order chi connectivity index (χ0) is 17.9. The molecule has 3 aromatic carbocycles. The minimum absolute atomic E-state index is 1.00. The first-order valence-corrected chi connectivity index (χ1v) is 9.39. The summed E-state index contributed by atoms with van der Waals surface area (Å²) in [5, 5.41) is 0. The van der Waals surface area contributed by atoms with Gasteiger partial charge in [-0.3, -0.25) is 4.98 Å². The lowest BCUT2D eigenvalue weighted by Crippen LogP contribution is -1.90. The lowest BCUT2D eigenvalue weighted by molar-refractivity contribution is 1.29. The average molecular weight is 400 g/mol. The molecular formula is C24H18BrN. The second-order valence-corrected chi connectivity index (χ2v) is 7.16. The average Bonchev–Trinajstić information content (AvgIpc) is 2.69. The zero-order valence-electron chi connectivity index (χ0n) is 14.5. The maximum absolute atomic E-state index is 4.70. The summed E-state index contributed by atoms with van der Waals surface area (Å²) < 4.78 is 1.11. The lowest BCUT2D eigenvalue weighted by Gasteiger charge is -2.09. The minimum Gasteiger partial charge on any atom is -0.256 e. The quantitative estimate of drug-likeness (QED) is 0.356. The Morgan fingerprint density at radius 1 is 0.654 bits per heavy atom. The number of hydrogen-bond acceptors (Lipinski definition) is 1. The van der Waals surface area contributed by atoms with Crippen molar-refractivity contribution in [2.24, 2.45) is 0 Å². The monoisotopic (exact) mass is 399 g/mol. The first-order chi connectivity index (χ1) is 12.7. The van der Waals surface area contributed by atoms with E-state index < -0.39 is 0 Å². The molecule has 0 radical (unpaired) electrons. The van der Waals surface area contributed by atoms with Crippen molar-refractivity contribution in [3.05, 3.63) is 101 Å². The summed E-state index contributed by atoms with van der Waals surface area (Å²) in [6.07, 6.45) is 1.97. The van der Waals surface area contributed by atoms with Gasteiger partial charge in [0, 0.05) is 21.8 Å². The largest absolute Gasteiger partial charge is 0.256 e. The van der Waals surface area contributed by atoms with Crippen LogP contribution < -0.4 is 0 Å². The van der Waals surface area contributed by atoms with Crippen LogP contribution in [0.15, 0.2) is 95.6 Å². The van der Waals surface area contributed by atoms with Gasteiger partial charge in [0.05, 0.1) is 5.69 Å². The summed E-state index contributed by atoms with van der Waals surface area (Å²) in [5.41, 5.74) is 8.13. The van der Waals surface area contributed by atoms with Crippen LogP contribution in [0.5, 0.6) is 0 Å². The van der Waals surface area contributed by atoms with Gasteiger partial charge in [-0.25, -0.2) is 0 Å². The molecule has 0 aliphatic carbocycles. The maximum atomic E-state index is 4.70. The van der Waals surface area contributed by atoms with Crippen molar-refractivity contribution < 1.29 is 0 Å². The molecule has 26 heavy (non-hydrogen) atoms. The molecule has 1 heterocycles. The summed E-state index contributed by atoms with van der Waals surface area (Å²) in [4.78, 5) is 4.70. The smallest absolute Gasteiger partial charge is 0.0705 e. The first kappa shape index (κ1) is 16.7. The van der Waals surface area contributed by atoms with Crippen molar-refractivity contribution in [1.29, 1.82) is 0 Å². The Morgan fingerprint density at radius 2 is 1.27 bits per heavy atom. The third kappa shape index (κ3) is 3.33. The number of hydrogen-bond donors (Lipinski definition) is 0. The molecule has 1 aromatic heterocycles. The Kier molecular flexibility index (Phi) is 4.68. The predicted molar refractivity (Wildman–Crippen MR) is 113 cm³/mol. The van der Waals surface area contributed by atoms with Gasteiger partial charge >= 0.3 is 0 Å². The molecule has 1 nitrogen and oxygen atoms in total. The highest BCUT2D eigenvalue weighted by Crippen LogP contribution is 2.31. The molecule has 0 fully saturated rings. The van der Waals surface area contributed by atoms with Crippen LogP contribution in [0.3, 0.4) is 0 Å². The highest BCUT2D eigenvalue weighted by molar-refractivity contribution is 9.10. The van der Waals surface area contributed by atoms with E-state index in [0.717, 1.165) is 15.7 Å². The Hall–Kier alpha value is -2.71. The Balaban J connectivity index is 1.66. The predicted octanol–water partition coefficient (Wildman–Crippen LogP) is 7.15. The number of aryl methyl sites for hydroxylation is 1. The molecule has 0 atom stereocenters. The fourth-order valence-corrected chi connectivity index (χ4v) is 3.66. The van der Waals surface area contributed by atoms with Crippen LogP contribution in [0.25, 0.3) is 33.5 Å². The number of benzene rings is 3. The van der Waals surface area contributed by atoms with Crippen LogP contribution in [-0.4, -0.2) is 4.98 Å². The Bertz CT molecular complexity index is 1040. The molecule has 0 aliphatic heterocycles. The third-order valence-electron chi connectivity index (χ3n) is 4.56. The highest BCUT2D eigenvalue weighted by Gasteiger charge is 2.07. The van der Waals surface area contributed by atoms with Gasteiger partial charge in [0.25, 0.3) is 0 Å². The molecule has 2 heteroatoms. The molecule has 0 saturated heterocycles. The molecule has 0 spiro atoms. The second-order valence-electron chi connectivity index (χ2n) is 6.31. The van der Waals surface area contributed by atoms with Crippen molar-refractivity contribution in [3.8, 4) is 33.5 Å². The Morgan fingerprint density at radius 3 is 1.96 bits per heavy atom. The number of halogens is 1. The van der Waals surface area contributed by atoms with Crippen LogP contribution in [0.2, 0.25) is 0 Å². The normalized spacial score (nSPS) is 10.7. The molecule has 0 bridgehead atoms. The van der Waals surface area contributed by atoms with Gasteiger partial charge < -0.3 is 0 Å². The topological polar surface area (TPSA) is 12.9 Å². The van der Waals surface area contributed by atoms with Gasteiger partial charge in [-0.15, -0.1) is 0 Å². The second kappa shape index (κ2) is 7.27. The number of pyridine rings is 1. The molecule has 4 aromatic rings. The van der Waals surface area contributed by atoms with Crippen molar-refractivity contribution in [2.45, 2.75) is 6.92 Å². The van der Waals surface area contributed by atoms with Crippen molar-refractivity contribution in [2.75, 3.05) is 0 Å². The van der Waals surface area contributed by atoms with Gasteiger partial charge in [-0.2, -0.15) is 0 Å². The lowest BCUT2D eigenvalue weighted by atomic mass is 9.99.